The Labute approximate surface area is 93.4 Å². The van der Waals surface area contributed by atoms with Crippen LogP contribution in [-0.4, -0.2) is 24.6 Å². The van der Waals surface area contributed by atoms with Crippen molar-refractivity contribution < 1.29 is 9.53 Å². The van der Waals surface area contributed by atoms with E-state index in [0.717, 1.165) is 5.56 Å². The summed E-state index contributed by atoms with van der Waals surface area (Å²) in [6.07, 6.45) is 1.46. The minimum atomic E-state index is -0.333. The van der Waals surface area contributed by atoms with E-state index in [1.807, 2.05) is 18.2 Å². The molecular formula is C12H10N2O2. The van der Waals surface area contributed by atoms with Crippen LogP contribution >= 0.6 is 0 Å². The van der Waals surface area contributed by atoms with E-state index >= 15 is 0 Å². The summed E-state index contributed by atoms with van der Waals surface area (Å²) in [5.41, 5.74) is 1.53. The van der Waals surface area contributed by atoms with Gasteiger partial charge < -0.3 is 9.64 Å². The molecular weight excluding hydrogens is 204 g/mol. The van der Waals surface area contributed by atoms with E-state index in [0.29, 0.717) is 17.9 Å². The summed E-state index contributed by atoms with van der Waals surface area (Å²) in [7, 11) is 1.68. The van der Waals surface area contributed by atoms with Crippen molar-refractivity contribution in [3.8, 4) is 6.07 Å². The van der Waals surface area contributed by atoms with Crippen LogP contribution in [0, 0.1) is 11.3 Å². The molecule has 4 nitrogen and oxygen atoms in total. The minimum absolute atomic E-state index is 0.333. The van der Waals surface area contributed by atoms with Crippen molar-refractivity contribution in [3.05, 3.63) is 41.2 Å². The SMILES string of the molecule is CN1C/C(=C/c2ccc(C#N)cc2)OC1=O. The van der Waals surface area contributed by atoms with Gasteiger partial charge in [-0.15, -0.1) is 0 Å². The van der Waals surface area contributed by atoms with Gasteiger partial charge in [0.05, 0.1) is 18.2 Å². The molecule has 4 heteroatoms. The van der Waals surface area contributed by atoms with Gasteiger partial charge in [0.1, 0.15) is 5.76 Å². The van der Waals surface area contributed by atoms with Crippen molar-refractivity contribution in [2.45, 2.75) is 0 Å². The maximum absolute atomic E-state index is 11.1. The third-order valence-corrected chi connectivity index (χ3v) is 2.29. The van der Waals surface area contributed by atoms with Crippen LogP contribution in [-0.2, 0) is 4.74 Å². The number of hydrogen-bond acceptors (Lipinski definition) is 3. The molecule has 2 rings (SSSR count). The number of cyclic esters (lactones) is 1. The highest BCUT2D eigenvalue weighted by Crippen LogP contribution is 2.16. The smallest absolute Gasteiger partial charge is 0.413 e. The molecule has 0 atom stereocenters. The van der Waals surface area contributed by atoms with Crippen LogP contribution in [0.25, 0.3) is 6.08 Å². The second kappa shape index (κ2) is 4.07. The van der Waals surface area contributed by atoms with Crippen molar-refractivity contribution in [3.63, 3.8) is 0 Å². The van der Waals surface area contributed by atoms with Crippen LogP contribution in [0.3, 0.4) is 0 Å². The maximum Gasteiger partial charge on any atom is 0.415 e. The number of nitrogens with zero attached hydrogens (tertiary/aromatic N) is 2. The molecule has 0 N–H and O–H groups in total. The Hall–Kier alpha value is -2.28. The number of ether oxygens (including phenoxy) is 1. The summed E-state index contributed by atoms with van der Waals surface area (Å²) >= 11 is 0. The standard InChI is InChI=1S/C12H10N2O2/c1-14-8-11(16-12(14)15)6-9-2-4-10(7-13)5-3-9/h2-6H,8H2,1H3/b11-6-. The van der Waals surface area contributed by atoms with Gasteiger partial charge in [-0.2, -0.15) is 5.26 Å². The van der Waals surface area contributed by atoms with Gasteiger partial charge in [-0.25, -0.2) is 4.79 Å². The van der Waals surface area contributed by atoms with Crippen LogP contribution in [0.5, 0.6) is 0 Å². The van der Waals surface area contributed by atoms with Crippen LogP contribution in [0.2, 0.25) is 0 Å². The lowest BCUT2D eigenvalue weighted by Crippen LogP contribution is -2.17. The van der Waals surface area contributed by atoms with E-state index in [1.165, 1.54) is 4.90 Å². The van der Waals surface area contributed by atoms with Gasteiger partial charge in [-0.05, 0) is 23.8 Å². The molecule has 0 saturated carbocycles. The lowest BCUT2D eigenvalue weighted by molar-refractivity contribution is 0.175. The van der Waals surface area contributed by atoms with E-state index in [4.69, 9.17) is 10.00 Å². The monoisotopic (exact) mass is 214 g/mol. The molecule has 1 aliphatic heterocycles. The van der Waals surface area contributed by atoms with Crippen LogP contribution in [0.1, 0.15) is 11.1 Å². The number of amides is 1. The highest BCUT2D eigenvalue weighted by Gasteiger charge is 2.22. The highest BCUT2D eigenvalue weighted by atomic mass is 16.6. The van der Waals surface area contributed by atoms with Gasteiger partial charge in [0.2, 0.25) is 0 Å². The average molecular weight is 214 g/mol. The van der Waals surface area contributed by atoms with E-state index in [-0.39, 0.29) is 6.09 Å². The summed E-state index contributed by atoms with van der Waals surface area (Å²) in [6.45, 7) is 0.485. The predicted octanol–water partition coefficient (Wildman–Crippen LogP) is 1.98. The number of nitriles is 1. The molecule has 0 spiro atoms. The van der Waals surface area contributed by atoms with Crippen LogP contribution in [0.4, 0.5) is 4.79 Å². The largest absolute Gasteiger partial charge is 0.415 e. The zero-order chi connectivity index (χ0) is 11.5. The Morgan fingerprint density at radius 3 is 2.62 bits per heavy atom. The summed E-state index contributed by atoms with van der Waals surface area (Å²) < 4.78 is 5.02. The quantitative estimate of drug-likeness (QED) is 0.718. The van der Waals surface area contributed by atoms with Crippen molar-refractivity contribution in [2.24, 2.45) is 0 Å². The maximum atomic E-state index is 11.1. The summed E-state index contributed by atoms with van der Waals surface area (Å²) in [6, 6.07) is 9.14. The lowest BCUT2D eigenvalue weighted by atomic mass is 10.1. The molecule has 1 amide bonds. The van der Waals surface area contributed by atoms with Crippen LogP contribution < -0.4 is 0 Å². The van der Waals surface area contributed by atoms with Crippen molar-refractivity contribution in [1.82, 2.24) is 4.90 Å². The number of likely N-dealkylation sites (N-methyl/N-ethyl adjacent to an activating group) is 1. The molecule has 0 radical (unpaired) electrons. The number of carbonyl (C=O) groups is 1. The first-order chi connectivity index (χ1) is 7.69. The van der Waals surface area contributed by atoms with Gasteiger partial charge in [-0.1, -0.05) is 12.1 Å². The number of carbonyl (C=O) groups excluding carboxylic acids is 1. The van der Waals surface area contributed by atoms with E-state index in [9.17, 15) is 4.79 Å². The second-order valence-electron chi connectivity index (χ2n) is 3.57. The number of rotatable bonds is 1. The Balaban J connectivity index is 2.18. The third-order valence-electron chi connectivity index (χ3n) is 2.29. The van der Waals surface area contributed by atoms with Gasteiger partial charge in [-0.3, -0.25) is 0 Å². The summed E-state index contributed by atoms with van der Waals surface area (Å²) in [5.74, 6) is 0.622. The lowest BCUT2D eigenvalue weighted by Gasteiger charge is -1.98. The first-order valence-corrected chi connectivity index (χ1v) is 4.83. The molecule has 1 aromatic rings. The summed E-state index contributed by atoms with van der Waals surface area (Å²) in [5, 5.41) is 8.64. The highest BCUT2D eigenvalue weighted by molar-refractivity contribution is 5.73. The normalized spacial score (nSPS) is 17.4. The Morgan fingerprint density at radius 2 is 2.12 bits per heavy atom. The zero-order valence-electron chi connectivity index (χ0n) is 8.80. The Morgan fingerprint density at radius 1 is 1.44 bits per heavy atom. The zero-order valence-corrected chi connectivity index (χ0v) is 8.80. The summed E-state index contributed by atoms with van der Waals surface area (Å²) in [4.78, 5) is 12.6. The van der Waals surface area contributed by atoms with E-state index in [2.05, 4.69) is 0 Å². The fraction of sp³-hybridized carbons (Fsp3) is 0.167. The molecule has 1 aliphatic rings. The topological polar surface area (TPSA) is 53.3 Å². The van der Waals surface area contributed by atoms with Crippen LogP contribution in [0.15, 0.2) is 30.0 Å². The van der Waals surface area contributed by atoms with Crippen molar-refractivity contribution in [2.75, 3.05) is 13.6 Å². The first kappa shape index (κ1) is 10.2. The van der Waals surface area contributed by atoms with Crippen molar-refractivity contribution >= 4 is 12.2 Å². The van der Waals surface area contributed by atoms with Gasteiger partial charge >= 0.3 is 6.09 Å². The molecule has 80 valence electrons. The fourth-order valence-electron chi connectivity index (χ4n) is 1.44. The minimum Gasteiger partial charge on any atom is -0.413 e. The van der Waals surface area contributed by atoms with Gasteiger partial charge in [0, 0.05) is 7.05 Å². The first-order valence-electron chi connectivity index (χ1n) is 4.83. The van der Waals surface area contributed by atoms with Gasteiger partial charge in [0.25, 0.3) is 0 Å². The van der Waals surface area contributed by atoms with E-state index in [1.54, 1.807) is 25.3 Å². The van der Waals surface area contributed by atoms with Crippen molar-refractivity contribution in [1.29, 1.82) is 5.26 Å². The molecule has 1 saturated heterocycles. The second-order valence-corrected chi connectivity index (χ2v) is 3.57. The molecule has 1 fully saturated rings. The average Bonchev–Trinajstić information content (AvgIpc) is 2.59. The molecule has 0 unspecified atom stereocenters. The van der Waals surface area contributed by atoms with Gasteiger partial charge in [0.15, 0.2) is 0 Å². The Kier molecular flexibility index (Phi) is 2.61. The third kappa shape index (κ3) is 2.04. The molecule has 0 aromatic heterocycles. The fourth-order valence-corrected chi connectivity index (χ4v) is 1.44. The number of hydrogen-bond donors (Lipinski definition) is 0. The molecule has 0 aliphatic carbocycles. The molecule has 1 heterocycles. The number of benzene rings is 1. The molecule has 1 aromatic carbocycles. The predicted molar refractivity (Wildman–Crippen MR) is 58.2 cm³/mol. The Bertz CT molecular complexity index is 483. The van der Waals surface area contributed by atoms with E-state index < -0.39 is 0 Å². The molecule has 0 bridgehead atoms. The molecule has 16 heavy (non-hydrogen) atoms.